The first-order valence-electron chi connectivity index (χ1n) is 8.12. The zero-order valence-corrected chi connectivity index (χ0v) is 15.8. The van der Waals surface area contributed by atoms with Gasteiger partial charge < -0.3 is 24.2 Å². The predicted molar refractivity (Wildman–Crippen MR) is 87.7 cm³/mol. The topological polar surface area (TPSA) is 58.9 Å². The molecule has 132 valence electrons. The highest BCUT2D eigenvalue weighted by molar-refractivity contribution is 4.98. The smallest absolute Gasteiger partial charge is 0.144 e. The Balaban J connectivity index is 3.20. The number of aliphatic hydroxyl groups is 2. The summed E-state index contributed by atoms with van der Waals surface area (Å²) in [6.45, 7) is 12.0. The van der Waals surface area contributed by atoms with Gasteiger partial charge in [-0.15, -0.1) is 0 Å². The van der Waals surface area contributed by atoms with Crippen molar-refractivity contribution in [3.8, 4) is 0 Å². The summed E-state index contributed by atoms with van der Waals surface area (Å²) in [6, 6.07) is -0.129. The number of aliphatic hydroxyl groups excluding tert-OH is 2. The standard InChI is InChI=1S/C17H36NO4/c1-16(2,3)15-12(18(7,8)9)13(20)14(11(10-19)21-15)22-17(4,5)6/h11-15,19-20H,10H2,1-9H3/q+1. The van der Waals surface area contributed by atoms with Crippen molar-refractivity contribution in [2.75, 3.05) is 27.7 Å². The minimum atomic E-state index is -0.700. The summed E-state index contributed by atoms with van der Waals surface area (Å²) >= 11 is 0. The summed E-state index contributed by atoms with van der Waals surface area (Å²) in [4.78, 5) is 0. The van der Waals surface area contributed by atoms with Crippen LogP contribution in [0.4, 0.5) is 0 Å². The van der Waals surface area contributed by atoms with Gasteiger partial charge in [0.05, 0.1) is 33.4 Å². The summed E-state index contributed by atoms with van der Waals surface area (Å²) in [5.74, 6) is 0. The van der Waals surface area contributed by atoms with Crippen LogP contribution < -0.4 is 0 Å². The van der Waals surface area contributed by atoms with Crippen LogP contribution in [-0.2, 0) is 9.47 Å². The van der Waals surface area contributed by atoms with Crippen molar-refractivity contribution in [1.82, 2.24) is 0 Å². The largest absolute Gasteiger partial charge is 0.394 e. The number of hydrogen-bond acceptors (Lipinski definition) is 4. The van der Waals surface area contributed by atoms with E-state index in [-0.39, 0.29) is 24.2 Å². The first-order valence-corrected chi connectivity index (χ1v) is 8.12. The zero-order chi connectivity index (χ0) is 17.5. The van der Waals surface area contributed by atoms with Gasteiger partial charge in [0.25, 0.3) is 0 Å². The summed E-state index contributed by atoms with van der Waals surface area (Å²) in [5, 5.41) is 20.8. The summed E-state index contributed by atoms with van der Waals surface area (Å²) in [6.07, 6.45) is -1.92. The molecule has 1 heterocycles. The molecule has 0 aromatic carbocycles. The Hall–Kier alpha value is -0.200. The summed E-state index contributed by atoms with van der Waals surface area (Å²) < 4.78 is 12.8. The number of ether oxygens (including phenoxy) is 2. The first kappa shape index (κ1) is 19.8. The molecular weight excluding hydrogens is 282 g/mol. The van der Waals surface area contributed by atoms with Gasteiger partial charge >= 0.3 is 0 Å². The Labute approximate surface area is 135 Å². The Morgan fingerprint density at radius 2 is 1.55 bits per heavy atom. The highest BCUT2D eigenvalue weighted by Crippen LogP contribution is 2.38. The lowest BCUT2D eigenvalue weighted by Crippen LogP contribution is -2.71. The lowest BCUT2D eigenvalue weighted by Gasteiger charge is -2.53. The van der Waals surface area contributed by atoms with Gasteiger partial charge in [-0.25, -0.2) is 0 Å². The maximum absolute atomic E-state index is 11.0. The highest BCUT2D eigenvalue weighted by atomic mass is 16.6. The van der Waals surface area contributed by atoms with E-state index in [9.17, 15) is 10.2 Å². The van der Waals surface area contributed by atoms with Crippen LogP contribution in [0.3, 0.4) is 0 Å². The molecule has 5 nitrogen and oxygen atoms in total. The second-order valence-corrected chi connectivity index (χ2v) is 9.44. The fourth-order valence-electron chi connectivity index (χ4n) is 3.22. The second kappa shape index (κ2) is 6.36. The van der Waals surface area contributed by atoms with Crippen LogP contribution in [0.15, 0.2) is 0 Å². The molecule has 2 N–H and O–H groups in total. The van der Waals surface area contributed by atoms with Gasteiger partial charge in [0.1, 0.15) is 30.5 Å². The summed E-state index contributed by atoms with van der Waals surface area (Å²) in [5.41, 5.74) is -0.552. The van der Waals surface area contributed by atoms with E-state index in [1.807, 2.05) is 20.8 Å². The predicted octanol–water partition coefficient (Wildman–Crippen LogP) is 1.41. The number of nitrogens with zero attached hydrogens (tertiary/aromatic N) is 1. The number of quaternary nitrogens is 1. The Morgan fingerprint density at radius 3 is 1.86 bits per heavy atom. The van der Waals surface area contributed by atoms with E-state index >= 15 is 0 Å². The average molecular weight is 318 g/mol. The molecule has 0 bridgehead atoms. The normalized spacial score (nSPS) is 34.8. The summed E-state index contributed by atoms with van der Waals surface area (Å²) in [7, 11) is 6.18. The third kappa shape index (κ3) is 4.65. The van der Waals surface area contributed by atoms with Crippen LogP contribution in [-0.4, -0.2) is 78.5 Å². The molecule has 0 aliphatic carbocycles. The Kier molecular flexibility index (Phi) is 5.74. The molecule has 1 saturated heterocycles. The van der Waals surface area contributed by atoms with Crippen molar-refractivity contribution in [2.45, 2.75) is 77.6 Å². The molecule has 22 heavy (non-hydrogen) atoms. The third-order valence-electron chi connectivity index (χ3n) is 4.10. The monoisotopic (exact) mass is 318 g/mol. The van der Waals surface area contributed by atoms with E-state index < -0.39 is 23.9 Å². The van der Waals surface area contributed by atoms with Gasteiger partial charge in [-0.1, -0.05) is 20.8 Å². The van der Waals surface area contributed by atoms with E-state index in [0.29, 0.717) is 4.48 Å². The van der Waals surface area contributed by atoms with Gasteiger partial charge in [-0.2, -0.15) is 0 Å². The molecule has 1 rings (SSSR count). The molecule has 0 aromatic heterocycles. The molecule has 1 aliphatic heterocycles. The second-order valence-electron chi connectivity index (χ2n) is 9.44. The molecule has 1 fully saturated rings. The zero-order valence-electron chi connectivity index (χ0n) is 15.8. The molecule has 0 saturated carbocycles. The number of likely N-dealkylation sites (N-methyl/N-ethyl adjacent to an activating group) is 1. The van der Waals surface area contributed by atoms with Crippen molar-refractivity contribution in [2.24, 2.45) is 5.41 Å². The lowest BCUT2D eigenvalue weighted by molar-refractivity contribution is -0.907. The molecule has 1 aliphatic rings. The molecule has 0 radical (unpaired) electrons. The Morgan fingerprint density at radius 1 is 1.05 bits per heavy atom. The SMILES string of the molecule is CC(C)(C)OC1C(CO)OC(C(C)(C)C)C([N+](C)(C)C)C1O. The van der Waals surface area contributed by atoms with E-state index in [1.54, 1.807) is 0 Å². The Bertz CT molecular complexity index is 364. The molecule has 0 aromatic rings. The molecule has 0 amide bonds. The molecule has 5 atom stereocenters. The van der Waals surface area contributed by atoms with E-state index in [4.69, 9.17) is 9.47 Å². The van der Waals surface area contributed by atoms with Crippen LogP contribution in [0.2, 0.25) is 0 Å². The van der Waals surface area contributed by atoms with Crippen LogP contribution >= 0.6 is 0 Å². The van der Waals surface area contributed by atoms with Crippen LogP contribution in [0.25, 0.3) is 0 Å². The molecular formula is C17H36NO4+. The lowest BCUT2D eigenvalue weighted by atomic mass is 9.77. The minimum absolute atomic E-state index is 0.129. The van der Waals surface area contributed by atoms with Crippen molar-refractivity contribution >= 4 is 0 Å². The number of hydrogen-bond donors (Lipinski definition) is 2. The molecule has 5 unspecified atom stereocenters. The van der Waals surface area contributed by atoms with Gasteiger partial charge in [0.15, 0.2) is 0 Å². The van der Waals surface area contributed by atoms with Gasteiger partial charge in [0, 0.05) is 0 Å². The molecule has 0 spiro atoms. The maximum Gasteiger partial charge on any atom is 0.144 e. The fourth-order valence-corrected chi connectivity index (χ4v) is 3.22. The van der Waals surface area contributed by atoms with Crippen molar-refractivity contribution in [1.29, 1.82) is 0 Å². The fraction of sp³-hybridized carbons (Fsp3) is 1.00. The van der Waals surface area contributed by atoms with Gasteiger partial charge in [0.2, 0.25) is 0 Å². The first-order chi connectivity index (χ1) is 9.68. The maximum atomic E-state index is 11.0. The van der Waals surface area contributed by atoms with Crippen LogP contribution in [0.1, 0.15) is 41.5 Å². The highest BCUT2D eigenvalue weighted by Gasteiger charge is 2.55. The average Bonchev–Trinajstić information content (AvgIpc) is 2.26. The van der Waals surface area contributed by atoms with Crippen molar-refractivity contribution in [3.63, 3.8) is 0 Å². The van der Waals surface area contributed by atoms with Crippen molar-refractivity contribution < 1.29 is 24.2 Å². The van der Waals surface area contributed by atoms with Crippen LogP contribution in [0.5, 0.6) is 0 Å². The quantitative estimate of drug-likeness (QED) is 0.773. The number of rotatable bonds is 3. The van der Waals surface area contributed by atoms with Crippen molar-refractivity contribution in [3.05, 3.63) is 0 Å². The van der Waals surface area contributed by atoms with Gasteiger partial charge in [-0.05, 0) is 26.2 Å². The van der Waals surface area contributed by atoms with E-state index in [0.717, 1.165) is 0 Å². The van der Waals surface area contributed by atoms with E-state index in [2.05, 4.69) is 41.9 Å². The van der Waals surface area contributed by atoms with E-state index in [1.165, 1.54) is 0 Å². The third-order valence-corrected chi connectivity index (χ3v) is 4.10. The minimum Gasteiger partial charge on any atom is -0.394 e. The molecule has 5 heteroatoms. The van der Waals surface area contributed by atoms with Gasteiger partial charge in [-0.3, -0.25) is 0 Å². The van der Waals surface area contributed by atoms with Crippen LogP contribution in [0, 0.1) is 5.41 Å².